The van der Waals surface area contributed by atoms with Crippen LogP contribution in [0.1, 0.15) is 36.7 Å². The minimum absolute atomic E-state index is 0.0737. The zero-order chi connectivity index (χ0) is 15.6. The monoisotopic (exact) mass is 284 g/mol. The van der Waals surface area contributed by atoms with E-state index in [2.05, 4.69) is 13.2 Å². The normalized spacial score (nSPS) is 14.3. The number of carbonyl (C=O) groups is 1. The van der Waals surface area contributed by atoms with Gasteiger partial charge < -0.3 is 9.47 Å². The number of carbonyl (C=O) groups excluding carboxylic acids is 1. The smallest absolute Gasteiger partial charge is 0.190 e. The fourth-order valence-corrected chi connectivity index (χ4v) is 2.13. The summed E-state index contributed by atoms with van der Waals surface area (Å²) >= 11 is 0. The van der Waals surface area contributed by atoms with E-state index in [1.165, 1.54) is 6.08 Å². The van der Waals surface area contributed by atoms with Gasteiger partial charge >= 0.3 is 0 Å². The summed E-state index contributed by atoms with van der Waals surface area (Å²) < 4.78 is 11.2. The fourth-order valence-electron chi connectivity index (χ4n) is 2.13. The second-order valence-electron chi connectivity index (χ2n) is 5.94. The molecular weight excluding hydrogens is 264 g/mol. The molecule has 1 aromatic rings. The van der Waals surface area contributed by atoms with Gasteiger partial charge in [-0.15, -0.1) is 0 Å². The van der Waals surface area contributed by atoms with Gasteiger partial charge in [0.2, 0.25) is 0 Å². The van der Waals surface area contributed by atoms with Crippen molar-refractivity contribution in [2.75, 3.05) is 6.61 Å². The van der Waals surface area contributed by atoms with E-state index in [4.69, 9.17) is 9.47 Å². The van der Waals surface area contributed by atoms with E-state index < -0.39 is 0 Å². The molecule has 1 aromatic carbocycles. The Balaban J connectivity index is 2.08. The molecule has 0 fully saturated rings. The topological polar surface area (TPSA) is 35.5 Å². The van der Waals surface area contributed by atoms with Gasteiger partial charge in [-0.25, -0.2) is 0 Å². The van der Waals surface area contributed by atoms with Crippen LogP contribution in [0.2, 0.25) is 0 Å². The molecule has 0 N–H and O–H groups in total. The molecule has 3 heteroatoms. The van der Waals surface area contributed by atoms with E-state index in [0.717, 1.165) is 5.56 Å². The summed E-state index contributed by atoms with van der Waals surface area (Å²) in [5.41, 5.74) is 1.84. The lowest BCUT2D eigenvalue weighted by atomic mass is 9.91. The van der Waals surface area contributed by atoms with Crippen LogP contribution in [0.25, 0.3) is 5.57 Å². The molecule has 3 nitrogen and oxygen atoms in total. The summed E-state index contributed by atoms with van der Waals surface area (Å²) in [7, 11) is 0. The van der Waals surface area contributed by atoms with Crippen LogP contribution in [0.15, 0.2) is 55.0 Å². The maximum absolute atomic E-state index is 12.1. The number of hydrogen-bond acceptors (Lipinski definition) is 3. The zero-order valence-corrected chi connectivity index (χ0v) is 12.7. The third kappa shape index (κ3) is 3.63. The van der Waals surface area contributed by atoms with Crippen LogP contribution in [0.5, 0.6) is 0 Å². The molecule has 0 saturated heterocycles. The molecule has 21 heavy (non-hydrogen) atoms. The first kappa shape index (κ1) is 15.1. The van der Waals surface area contributed by atoms with Gasteiger partial charge in [0.05, 0.1) is 0 Å². The van der Waals surface area contributed by atoms with E-state index >= 15 is 0 Å². The molecule has 0 amide bonds. The van der Waals surface area contributed by atoms with Gasteiger partial charge in [-0.2, -0.15) is 0 Å². The molecule has 0 aromatic heterocycles. The van der Waals surface area contributed by atoms with Gasteiger partial charge in [-0.1, -0.05) is 37.4 Å². The average molecular weight is 284 g/mol. The quantitative estimate of drug-likeness (QED) is 0.780. The van der Waals surface area contributed by atoms with Crippen LogP contribution in [0.3, 0.4) is 0 Å². The molecule has 0 unspecified atom stereocenters. The first-order valence-corrected chi connectivity index (χ1v) is 6.82. The van der Waals surface area contributed by atoms with Crippen molar-refractivity contribution in [2.24, 2.45) is 0 Å². The summed E-state index contributed by atoms with van der Waals surface area (Å²) in [4.78, 5) is 12.1. The zero-order valence-electron chi connectivity index (χ0n) is 12.7. The molecule has 110 valence electrons. The first-order valence-electron chi connectivity index (χ1n) is 6.82. The van der Waals surface area contributed by atoms with Crippen molar-refractivity contribution in [1.82, 2.24) is 0 Å². The minimum Gasteiger partial charge on any atom is -0.489 e. The number of rotatable bonds is 4. The van der Waals surface area contributed by atoms with Crippen LogP contribution in [-0.2, 0) is 9.47 Å². The molecule has 1 aliphatic rings. The largest absolute Gasteiger partial charge is 0.489 e. The van der Waals surface area contributed by atoms with Crippen molar-refractivity contribution in [3.63, 3.8) is 0 Å². The molecule has 1 aliphatic carbocycles. The third-order valence-electron chi connectivity index (χ3n) is 2.92. The molecule has 2 rings (SSSR count). The van der Waals surface area contributed by atoms with Crippen molar-refractivity contribution < 1.29 is 14.3 Å². The lowest BCUT2D eigenvalue weighted by molar-refractivity contribution is 0.0301. The van der Waals surface area contributed by atoms with Crippen molar-refractivity contribution in [1.29, 1.82) is 0 Å². The number of benzene rings is 1. The number of ether oxygens (including phenoxy) is 2. The van der Waals surface area contributed by atoms with Crippen LogP contribution >= 0.6 is 0 Å². The van der Waals surface area contributed by atoms with Crippen molar-refractivity contribution >= 4 is 11.4 Å². The Morgan fingerprint density at radius 1 is 1.19 bits per heavy atom. The Labute approximate surface area is 125 Å². The highest BCUT2D eigenvalue weighted by molar-refractivity contribution is 6.13. The molecule has 0 heterocycles. The molecule has 0 radical (unpaired) electrons. The first-order chi connectivity index (χ1) is 9.78. The Hall–Kier alpha value is -2.29. The number of fused-ring (bicyclic) bond motifs is 1. The molecule has 0 spiro atoms. The average Bonchev–Trinajstić information content (AvgIpc) is 2.39. The summed E-state index contributed by atoms with van der Waals surface area (Å²) in [6, 6.07) is 7.37. The SMILES string of the molecule is C=C(COC1=CC(=O)c2ccccc2C1=C)OC(C)(C)C. The Morgan fingerprint density at radius 2 is 1.81 bits per heavy atom. The van der Waals surface area contributed by atoms with E-state index in [0.29, 0.717) is 22.7 Å². The van der Waals surface area contributed by atoms with E-state index in [9.17, 15) is 4.79 Å². The predicted molar refractivity (Wildman–Crippen MR) is 83.8 cm³/mol. The lowest BCUT2D eigenvalue weighted by Gasteiger charge is -2.24. The van der Waals surface area contributed by atoms with Gasteiger partial charge in [0.25, 0.3) is 0 Å². The van der Waals surface area contributed by atoms with E-state index in [-0.39, 0.29) is 18.0 Å². The van der Waals surface area contributed by atoms with Crippen LogP contribution in [0, 0.1) is 0 Å². The Kier molecular flexibility index (Phi) is 4.03. The van der Waals surface area contributed by atoms with Crippen molar-refractivity contribution in [2.45, 2.75) is 26.4 Å². The van der Waals surface area contributed by atoms with Crippen LogP contribution in [0.4, 0.5) is 0 Å². The number of hydrogen-bond donors (Lipinski definition) is 0. The maximum Gasteiger partial charge on any atom is 0.190 e. The summed E-state index contributed by atoms with van der Waals surface area (Å²) in [5.74, 6) is 0.912. The lowest BCUT2D eigenvalue weighted by Crippen LogP contribution is -2.20. The highest BCUT2D eigenvalue weighted by atomic mass is 16.5. The van der Waals surface area contributed by atoms with Crippen molar-refractivity contribution in [3.8, 4) is 0 Å². The van der Waals surface area contributed by atoms with Gasteiger partial charge in [0.1, 0.15) is 23.7 Å². The number of ketones is 1. The highest BCUT2D eigenvalue weighted by Gasteiger charge is 2.22. The fraction of sp³-hybridized carbons (Fsp3) is 0.278. The highest BCUT2D eigenvalue weighted by Crippen LogP contribution is 2.31. The van der Waals surface area contributed by atoms with Gasteiger partial charge in [-0.3, -0.25) is 4.79 Å². The molecule has 0 saturated carbocycles. The Bertz CT molecular complexity index is 630. The van der Waals surface area contributed by atoms with Crippen LogP contribution in [-0.4, -0.2) is 18.0 Å². The number of allylic oxidation sites excluding steroid dienone is 2. The summed E-state index contributed by atoms with van der Waals surface area (Å²) in [6.07, 6.45) is 1.47. The second kappa shape index (κ2) is 5.60. The van der Waals surface area contributed by atoms with Crippen LogP contribution < -0.4 is 0 Å². The Morgan fingerprint density at radius 3 is 2.43 bits per heavy atom. The molecule has 0 bridgehead atoms. The maximum atomic E-state index is 12.1. The second-order valence-corrected chi connectivity index (χ2v) is 5.94. The summed E-state index contributed by atoms with van der Waals surface area (Å²) in [6.45, 7) is 13.8. The van der Waals surface area contributed by atoms with Gasteiger partial charge in [0, 0.05) is 17.2 Å². The third-order valence-corrected chi connectivity index (χ3v) is 2.92. The molecule has 0 aliphatic heterocycles. The van der Waals surface area contributed by atoms with Crippen molar-refractivity contribution in [3.05, 3.63) is 66.1 Å². The minimum atomic E-state index is -0.319. The molecule has 0 atom stereocenters. The summed E-state index contributed by atoms with van der Waals surface area (Å²) in [5, 5.41) is 0. The standard InChI is InChI=1S/C18H20O3/c1-12(21-18(3,4)5)11-20-17-10-16(19)15-9-7-6-8-14(15)13(17)2/h6-10H,1-2,11H2,3-5H3. The van der Waals surface area contributed by atoms with E-state index in [1.807, 2.05) is 39.0 Å². The predicted octanol–water partition coefficient (Wildman–Crippen LogP) is 4.13. The van der Waals surface area contributed by atoms with Gasteiger partial charge in [0.15, 0.2) is 5.78 Å². The van der Waals surface area contributed by atoms with Gasteiger partial charge in [-0.05, 0) is 26.3 Å². The van der Waals surface area contributed by atoms with E-state index in [1.54, 1.807) is 6.07 Å². The molecular formula is C18H20O3.